The first-order valence-corrected chi connectivity index (χ1v) is 9.60. The summed E-state index contributed by atoms with van der Waals surface area (Å²) < 4.78 is 29.9. The van der Waals surface area contributed by atoms with Gasteiger partial charge in [0.05, 0.1) is 4.47 Å². The van der Waals surface area contributed by atoms with Gasteiger partial charge in [-0.25, -0.2) is 4.39 Å². The van der Waals surface area contributed by atoms with Crippen LogP contribution < -0.4 is 19.9 Å². The van der Waals surface area contributed by atoms with Gasteiger partial charge in [0.15, 0.2) is 0 Å². The molecule has 0 fully saturated rings. The molecule has 1 atom stereocenters. The second-order valence-corrected chi connectivity index (χ2v) is 6.89. The summed E-state index contributed by atoms with van der Waals surface area (Å²) in [6, 6.07) is 22.5. The Hall–Kier alpha value is -2.57. The lowest BCUT2D eigenvalue weighted by Gasteiger charge is -2.20. The Balaban J connectivity index is 1.70. The smallest absolute Gasteiger partial charge is 0.228 e. The Morgan fingerprint density at radius 3 is 2.29 bits per heavy atom. The summed E-state index contributed by atoms with van der Waals surface area (Å²) in [5, 5.41) is 0. The van der Waals surface area contributed by atoms with Crippen molar-refractivity contribution in [3.63, 3.8) is 0 Å². The Morgan fingerprint density at radius 1 is 0.893 bits per heavy atom. The third-order valence-corrected chi connectivity index (χ3v) is 4.76. The molecule has 0 saturated heterocycles. The summed E-state index contributed by atoms with van der Waals surface area (Å²) >= 11 is 3.51. The first kappa shape index (κ1) is 20.2. The molecular formula is C22H21BrFNO3. The standard InChI is InChI=1S/C22H21BrFNO3/c23-20-11-10-19(26-14-16-4-2-1-3-5-16)12-21(20)28-22(13-25)17-6-8-18(9-7-17)27-15-24/h1-12,22H,13-15,25H2/t22-/m0/s1. The Bertz CT molecular complexity index is 875. The second-order valence-electron chi connectivity index (χ2n) is 6.03. The molecule has 0 spiro atoms. The van der Waals surface area contributed by atoms with Gasteiger partial charge in [-0.2, -0.15) is 0 Å². The van der Waals surface area contributed by atoms with Crippen LogP contribution in [0.2, 0.25) is 0 Å². The highest BCUT2D eigenvalue weighted by Gasteiger charge is 2.14. The quantitative estimate of drug-likeness (QED) is 0.478. The van der Waals surface area contributed by atoms with E-state index in [9.17, 15) is 4.39 Å². The Morgan fingerprint density at radius 2 is 1.61 bits per heavy atom. The van der Waals surface area contributed by atoms with Gasteiger partial charge in [-0.1, -0.05) is 42.5 Å². The highest BCUT2D eigenvalue weighted by molar-refractivity contribution is 9.10. The third kappa shape index (κ3) is 5.47. The minimum atomic E-state index is -0.862. The average Bonchev–Trinajstić information content (AvgIpc) is 2.74. The predicted molar refractivity (Wildman–Crippen MR) is 110 cm³/mol. The van der Waals surface area contributed by atoms with Gasteiger partial charge in [0, 0.05) is 12.6 Å². The molecule has 146 valence electrons. The number of halogens is 2. The maximum absolute atomic E-state index is 12.3. The molecule has 0 aromatic heterocycles. The van der Waals surface area contributed by atoms with Crippen molar-refractivity contribution in [1.29, 1.82) is 0 Å². The molecule has 3 aromatic rings. The van der Waals surface area contributed by atoms with Gasteiger partial charge in [-0.05, 0) is 51.3 Å². The molecule has 0 amide bonds. The Labute approximate surface area is 172 Å². The van der Waals surface area contributed by atoms with Crippen LogP contribution in [0.4, 0.5) is 4.39 Å². The monoisotopic (exact) mass is 445 g/mol. The van der Waals surface area contributed by atoms with E-state index in [1.54, 1.807) is 12.1 Å². The minimum absolute atomic E-state index is 0.283. The van der Waals surface area contributed by atoms with E-state index in [0.717, 1.165) is 15.6 Å². The van der Waals surface area contributed by atoms with Crippen LogP contribution in [0.15, 0.2) is 77.3 Å². The molecule has 0 bridgehead atoms. The van der Waals surface area contributed by atoms with Gasteiger partial charge < -0.3 is 19.9 Å². The van der Waals surface area contributed by atoms with Crippen LogP contribution in [0.25, 0.3) is 0 Å². The lowest BCUT2D eigenvalue weighted by atomic mass is 10.1. The lowest BCUT2D eigenvalue weighted by molar-refractivity contribution is 0.191. The van der Waals surface area contributed by atoms with Crippen molar-refractivity contribution in [2.24, 2.45) is 5.73 Å². The number of nitrogens with two attached hydrogens (primary N) is 1. The second kappa shape index (κ2) is 10.1. The molecule has 6 heteroatoms. The summed E-state index contributed by atoms with van der Waals surface area (Å²) in [5.41, 5.74) is 7.87. The summed E-state index contributed by atoms with van der Waals surface area (Å²) in [4.78, 5) is 0. The van der Waals surface area contributed by atoms with Crippen LogP contribution in [0.5, 0.6) is 17.2 Å². The van der Waals surface area contributed by atoms with Crippen molar-refractivity contribution in [3.8, 4) is 17.2 Å². The van der Waals surface area contributed by atoms with E-state index in [1.165, 1.54) is 0 Å². The van der Waals surface area contributed by atoms with Gasteiger partial charge in [0.2, 0.25) is 6.86 Å². The maximum Gasteiger partial charge on any atom is 0.228 e. The fourth-order valence-electron chi connectivity index (χ4n) is 2.65. The van der Waals surface area contributed by atoms with E-state index in [1.807, 2.05) is 60.7 Å². The largest absolute Gasteiger partial charge is 0.489 e. The van der Waals surface area contributed by atoms with E-state index in [4.69, 9.17) is 19.9 Å². The molecule has 0 aliphatic rings. The van der Waals surface area contributed by atoms with E-state index in [-0.39, 0.29) is 12.6 Å². The molecule has 2 N–H and O–H groups in total. The average molecular weight is 446 g/mol. The van der Waals surface area contributed by atoms with Crippen LogP contribution in [-0.2, 0) is 6.61 Å². The zero-order valence-electron chi connectivity index (χ0n) is 15.2. The summed E-state index contributed by atoms with van der Waals surface area (Å²) in [7, 11) is 0. The van der Waals surface area contributed by atoms with Crippen molar-refractivity contribution in [2.45, 2.75) is 12.7 Å². The van der Waals surface area contributed by atoms with Gasteiger partial charge in [0.25, 0.3) is 0 Å². The van der Waals surface area contributed by atoms with Crippen molar-refractivity contribution < 1.29 is 18.6 Å². The number of hydrogen-bond donors (Lipinski definition) is 1. The first-order chi connectivity index (χ1) is 13.7. The predicted octanol–water partition coefficient (Wildman–Crippen LogP) is 5.41. The number of rotatable bonds is 9. The molecule has 3 aromatic carbocycles. The van der Waals surface area contributed by atoms with Crippen LogP contribution in [-0.4, -0.2) is 13.4 Å². The molecule has 0 unspecified atom stereocenters. The molecule has 0 radical (unpaired) electrons. The van der Waals surface area contributed by atoms with Crippen LogP contribution in [0.3, 0.4) is 0 Å². The molecule has 0 aliphatic carbocycles. The molecule has 0 aliphatic heterocycles. The van der Waals surface area contributed by atoms with Crippen LogP contribution in [0, 0.1) is 0 Å². The fraction of sp³-hybridized carbons (Fsp3) is 0.182. The summed E-state index contributed by atoms with van der Waals surface area (Å²) in [5.74, 6) is 1.79. The van der Waals surface area contributed by atoms with Crippen LogP contribution in [0.1, 0.15) is 17.2 Å². The molecule has 0 heterocycles. The van der Waals surface area contributed by atoms with Gasteiger partial charge >= 0.3 is 0 Å². The van der Waals surface area contributed by atoms with Crippen molar-refractivity contribution in [2.75, 3.05) is 13.4 Å². The minimum Gasteiger partial charge on any atom is -0.489 e. The normalized spacial score (nSPS) is 11.7. The van der Waals surface area contributed by atoms with E-state index >= 15 is 0 Å². The molecule has 3 rings (SSSR count). The Kier molecular flexibility index (Phi) is 7.28. The van der Waals surface area contributed by atoms with Gasteiger partial charge in [-0.15, -0.1) is 0 Å². The molecule has 28 heavy (non-hydrogen) atoms. The van der Waals surface area contributed by atoms with E-state index in [0.29, 0.717) is 23.9 Å². The van der Waals surface area contributed by atoms with E-state index in [2.05, 4.69) is 15.9 Å². The zero-order valence-corrected chi connectivity index (χ0v) is 16.8. The highest BCUT2D eigenvalue weighted by Crippen LogP contribution is 2.33. The van der Waals surface area contributed by atoms with Crippen molar-refractivity contribution in [1.82, 2.24) is 0 Å². The molecule has 0 saturated carbocycles. The molecule has 4 nitrogen and oxygen atoms in total. The number of hydrogen-bond acceptors (Lipinski definition) is 4. The zero-order chi connectivity index (χ0) is 19.8. The summed E-state index contributed by atoms with van der Waals surface area (Å²) in [6.07, 6.45) is -0.361. The topological polar surface area (TPSA) is 53.7 Å². The van der Waals surface area contributed by atoms with Gasteiger partial charge in [0.1, 0.15) is 30.0 Å². The highest BCUT2D eigenvalue weighted by atomic mass is 79.9. The van der Waals surface area contributed by atoms with E-state index < -0.39 is 6.86 Å². The number of benzene rings is 3. The third-order valence-electron chi connectivity index (χ3n) is 4.11. The fourth-order valence-corrected chi connectivity index (χ4v) is 2.99. The van der Waals surface area contributed by atoms with Gasteiger partial charge in [-0.3, -0.25) is 0 Å². The summed E-state index contributed by atoms with van der Waals surface area (Å²) in [6.45, 7) is -0.109. The first-order valence-electron chi connectivity index (χ1n) is 8.81. The maximum atomic E-state index is 12.3. The number of ether oxygens (including phenoxy) is 3. The van der Waals surface area contributed by atoms with Crippen molar-refractivity contribution in [3.05, 3.63) is 88.4 Å². The van der Waals surface area contributed by atoms with Crippen molar-refractivity contribution >= 4 is 15.9 Å². The SMILES string of the molecule is NC[C@H](Oc1cc(OCc2ccccc2)ccc1Br)c1ccc(OCF)cc1. The molecular weight excluding hydrogens is 425 g/mol. The lowest BCUT2D eigenvalue weighted by Crippen LogP contribution is -2.18. The number of alkyl halides is 1. The van der Waals surface area contributed by atoms with Crippen LogP contribution >= 0.6 is 15.9 Å².